The monoisotopic (exact) mass is 493 g/mol. The highest BCUT2D eigenvalue weighted by molar-refractivity contribution is 6.30. The first-order valence-electron chi connectivity index (χ1n) is 12.0. The van der Waals surface area contributed by atoms with Crippen molar-refractivity contribution < 1.29 is 19.1 Å². The minimum absolute atomic E-state index is 0.0645. The molecule has 0 saturated heterocycles. The van der Waals surface area contributed by atoms with Gasteiger partial charge in [-0.1, -0.05) is 61.2 Å². The number of unbranched alkanes of at least 4 members (excludes halogenated alkanes) is 4. The number of hydrogen-bond donors (Lipinski definition) is 0. The van der Waals surface area contributed by atoms with Crippen LogP contribution in [-0.2, 0) is 16.1 Å². The number of hydrogen-bond acceptors (Lipinski definition) is 4. The maximum Gasteiger partial charge on any atom is 0.305 e. The Morgan fingerprint density at radius 2 is 1.46 bits per heavy atom. The zero-order valence-electron chi connectivity index (χ0n) is 20.1. The average Bonchev–Trinajstić information content (AvgIpc) is 2.90. The zero-order chi connectivity index (χ0) is 24.9. The summed E-state index contributed by atoms with van der Waals surface area (Å²) in [4.78, 5) is 26.4. The van der Waals surface area contributed by atoms with E-state index in [2.05, 4.69) is 4.74 Å². The molecule has 0 aliphatic rings. The number of rotatable bonds is 13. The van der Waals surface area contributed by atoms with Crippen molar-refractivity contribution >= 4 is 29.2 Å². The van der Waals surface area contributed by atoms with Crippen molar-refractivity contribution in [3.8, 4) is 5.75 Å². The van der Waals surface area contributed by atoms with Crippen molar-refractivity contribution in [3.05, 3.63) is 95.0 Å². The van der Waals surface area contributed by atoms with Gasteiger partial charge in [0.1, 0.15) is 12.4 Å². The highest BCUT2D eigenvalue weighted by Gasteiger charge is 2.17. The van der Waals surface area contributed by atoms with Crippen LogP contribution in [0.4, 0.5) is 5.69 Å². The molecule has 0 heterocycles. The predicted molar refractivity (Wildman–Crippen MR) is 140 cm³/mol. The van der Waals surface area contributed by atoms with Crippen LogP contribution in [0.15, 0.2) is 78.9 Å². The van der Waals surface area contributed by atoms with Crippen LogP contribution in [-0.4, -0.2) is 25.5 Å². The van der Waals surface area contributed by atoms with E-state index >= 15 is 0 Å². The SMILES string of the molecule is COC(=O)CCCCCCCN(C(=O)c1ccc(Cl)cc1)c1ccc(OCc2ccccc2)cc1. The second kappa shape index (κ2) is 14.2. The third-order valence-corrected chi connectivity index (χ3v) is 5.98. The van der Waals surface area contributed by atoms with Crippen molar-refractivity contribution in [2.24, 2.45) is 0 Å². The van der Waals surface area contributed by atoms with E-state index in [1.165, 1.54) is 7.11 Å². The summed E-state index contributed by atoms with van der Waals surface area (Å²) in [6.07, 6.45) is 5.09. The Labute approximate surface area is 212 Å². The van der Waals surface area contributed by atoms with E-state index < -0.39 is 0 Å². The molecule has 3 rings (SSSR count). The van der Waals surface area contributed by atoms with Crippen LogP contribution in [0.3, 0.4) is 0 Å². The fourth-order valence-electron chi connectivity index (χ4n) is 3.73. The topological polar surface area (TPSA) is 55.8 Å². The maximum atomic E-state index is 13.3. The van der Waals surface area contributed by atoms with Gasteiger partial charge in [-0.15, -0.1) is 0 Å². The molecule has 0 bridgehead atoms. The normalized spacial score (nSPS) is 10.6. The van der Waals surface area contributed by atoms with Crippen LogP contribution >= 0.6 is 11.6 Å². The third kappa shape index (κ3) is 8.76. The van der Waals surface area contributed by atoms with Crippen LogP contribution in [0.2, 0.25) is 5.02 Å². The molecule has 0 atom stereocenters. The zero-order valence-corrected chi connectivity index (χ0v) is 20.9. The number of nitrogens with zero attached hydrogens (tertiary/aromatic N) is 1. The minimum Gasteiger partial charge on any atom is -0.489 e. The minimum atomic E-state index is -0.166. The fraction of sp³-hybridized carbons (Fsp3) is 0.310. The first-order chi connectivity index (χ1) is 17.1. The van der Waals surface area contributed by atoms with E-state index in [1.807, 2.05) is 54.6 Å². The highest BCUT2D eigenvalue weighted by Crippen LogP contribution is 2.23. The lowest BCUT2D eigenvalue weighted by Gasteiger charge is -2.23. The summed E-state index contributed by atoms with van der Waals surface area (Å²) in [7, 11) is 1.41. The van der Waals surface area contributed by atoms with E-state index in [0.717, 1.165) is 49.1 Å². The molecule has 1 amide bonds. The molecule has 0 aromatic heterocycles. The Morgan fingerprint density at radius 3 is 2.14 bits per heavy atom. The van der Waals surface area contributed by atoms with Gasteiger partial charge in [0.05, 0.1) is 7.11 Å². The van der Waals surface area contributed by atoms with Crippen LogP contribution in [0.5, 0.6) is 5.75 Å². The smallest absolute Gasteiger partial charge is 0.305 e. The first kappa shape index (κ1) is 26.3. The van der Waals surface area contributed by atoms with Crippen LogP contribution in [0.1, 0.15) is 54.4 Å². The summed E-state index contributed by atoms with van der Waals surface area (Å²) in [5, 5.41) is 0.597. The molecule has 3 aromatic carbocycles. The van der Waals surface area contributed by atoms with Gasteiger partial charge in [0.2, 0.25) is 0 Å². The van der Waals surface area contributed by atoms with E-state index in [0.29, 0.717) is 30.2 Å². The Hall–Kier alpha value is -3.31. The van der Waals surface area contributed by atoms with Crippen molar-refractivity contribution in [3.63, 3.8) is 0 Å². The molecule has 0 radical (unpaired) electrons. The van der Waals surface area contributed by atoms with Gasteiger partial charge in [0.15, 0.2) is 0 Å². The lowest BCUT2D eigenvalue weighted by atomic mass is 10.1. The fourth-order valence-corrected chi connectivity index (χ4v) is 3.86. The molecule has 0 aliphatic heterocycles. The van der Waals surface area contributed by atoms with E-state index in [4.69, 9.17) is 16.3 Å². The largest absolute Gasteiger partial charge is 0.489 e. The highest BCUT2D eigenvalue weighted by atomic mass is 35.5. The van der Waals surface area contributed by atoms with Gasteiger partial charge in [0.25, 0.3) is 5.91 Å². The number of esters is 1. The maximum absolute atomic E-state index is 13.3. The molecule has 0 spiro atoms. The molecule has 0 fully saturated rings. The van der Waals surface area contributed by atoms with Crippen molar-refractivity contribution in [1.29, 1.82) is 0 Å². The molecule has 3 aromatic rings. The van der Waals surface area contributed by atoms with Crippen LogP contribution < -0.4 is 9.64 Å². The molecule has 5 nitrogen and oxygen atoms in total. The molecule has 184 valence electrons. The van der Waals surface area contributed by atoms with Gasteiger partial charge < -0.3 is 14.4 Å². The van der Waals surface area contributed by atoms with E-state index in [-0.39, 0.29) is 11.9 Å². The summed E-state index contributed by atoms with van der Waals surface area (Å²) in [6, 6.07) is 24.6. The predicted octanol–water partition coefficient (Wildman–Crippen LogP) is 7.08. The summed E-state index contributed by atoms with van der Waals surface area (Å²) in [5.74, 6) is 0.522. The number of carbonyl (C=O) groups excluding carboxylic acids is 2. The van der Waals surface area contributed by atoms with Gasteiger partial charge in [0, 0.05) is 29.2 Å². The summed E-state index contributed by atoms with van der Waals surface area (Å²) >= 11 is 6.01. The van der Waals surface area contributed by atoms with Gasteiger partial charge >= 0.3 is 5.97 Å². The Morgan fingerprint density at radius 1 is 0.800 bits per heavy atom. The molecular formula is C29H32ClNO4. The molecule has 6 heteroatoms. The molecule has 0 aliphatic carbocycles. The molecule has 0 N–H and O–H groups in total. The Balaban J connectivity index is 1.60. The second-order valence-corrected chi connectivity index (χ2v) is 8.76. The number of halogens is 1. The van der Waals surface area contributed by atoms with Gasteiger partial charge in [-0.05, 0) is 66.9 Å². The Bertz CT molecular complexity index is 1050. The van der Waals surface area contributed by atoms with Gasteiger partial charge in [-0.3, -0.25) is 9.59 Å². The van der Waals surface area contributed by atoms with Gasteiger partial charge in [-0.2, -0.15) is 0 Å². The molecular weight excluding hydrogens is 462 g/mol. The second-order valence-electron chi connectivity index (χ2n) is 8.33. The van der Waals surface area contributed by atoms with Crippen LogP contribution in [0, 0.1) is 0 Å². The van der Waals surface area contributed by atoms with Crippen molar-refractivity contribution in [2.75, 3.05) is 18.6 Å². The van der Waals surface area contributed by atoms with Gasteiger partial charge in [-0.25, -0.2) is 0 Å². The Kier molecular flexibility index (Phi) is 10.6. The third-order valence-electron chi connectivity index (χ3n) is 5.72. The molecule has 35 heavy (non-hydrogen) atoms. The summed E-state index contributed by atoms with van der Waals surface area (Å²) in [6.45, 7) is 1.09. The number of carbonyl (C=O) groups is 2. The van der Waals surface area contributed by atoms with E-state index in [9.17, 15) is 9.59 Å². The average molecular weight is 494 g/mol. The molecule has 0 unspecified atom stereocenters. The number of benzene rings is 3. The van der Waals surface area contributed by atoms with Crippen LogP contribution in [0.25, 0.3) is 0 Å². The number of ether oxygens (including phenoxy) is 2. The summed E-state index contributed by atoms with van der Waals surface area (Å²) in [5.41, 5.74) is 2.52. The van der Waals surface area contributed by atoms with Crippen molar-refractivity contribution in [2.45, 2.75) is 45.1 Å². The van der Waals surface area contributed by atoms with Crippen molar-refractivity contribution in [1.82, 2.24) is 0 Å². The number of amides is 1. The lowest BCUT2D eigenvalue weighted by molar-refractivity contribution is -0.140. The lowest BCUT2D eigenvalue weighted by Crippen LogP contribution is -2.31. The first-order valence-corrected chi connectivity index (χ1v) is 12.4. The molecule has 0 saturated carbocycles. The number of methoxy groups -OCH3 is 1. The quantitative estimate of drug-likeness (QED) is 0.188. The standard InChI is InChI=1S/C29H32ClNO4/c1-34-28(32)12-8-3-2-4-9-21-31(29(33)24-13-15-25(30)16-14-24)26-17-19-27(20-18-26)35-22-23-10-6-5-7-11-23/h5-7,10-11,13-20H,2-4,8-9,12,21-22H2,1H3. The summed E-state index contributed by atoms with van der Waals surface area (Å²) < 4.78 is 10.6. The van der Waals surface area contributed by atoms with E-state index in [1.54, 1.807) is 29.2 Å². The number of anilines is 1.